The van der Waals surface area contributed by atoms with Gasteiger partial charge in [-0.15, -0.1) is 12.4 Å². The first-order valence-electron chi connectivity index (χ1n) is 6.62. The van der Waals surface area contributed by atoms with Gasteiger partial charge in [-0.2, -0.15) is 5.10 Å². The Labute approximate surface area is 129 Å². The van der Waals surface area contributed by atoms with Crippen LogP contribution in [0.5, 0.6) is 0 Å². The van der Waals surface area contributed by atoms with Crippen molar-refractivity contribution < 1.29 is 0 Å². The summed E-state index contributed by atoms with van der Waals surface area (Å²) in [5, 5.41) is 11.5. The summed E-state index contributed by atoms with van der Waals surface area (Å²) in [6.45, 7) is 0. The molecule has 1 atom stereocenters. The SMILES string of the molecule is Cl.N=C(N)NN=C1CC(c2ccccc2)Cc2[nH]ccc21. The molecule has 5 N–H and O–H groups in total. The highest BCUT2D eigenvalue weighted by Crippen LogP contribution is 2.32. The molecule has 3 rings (SSSR count). The molecule has 0 saturated heterocycles. The number of nitrogens with one attached hydrogen (secondary N) is 3. The minimum atomic E-state index is -0.142. The number of nitrogens with two attached hydrogens (primary N) is 1. The Hall–Kier alpha value is -2.27. The van der Waals surface area contributed by atoms with Crippen LogP contribution in [0, 0.1) is 5.41 Å². The number of hydrogen-bond donors (Lipinski definition) is 4. The molecule has 0 saturated carbocycles. The molecule has 1 unspecified atom stereocenters. The maximum absolute atomic E-state index is 7.23. The summed E-state index contributed by atoms with van der Waals surface area (Å²) in [6.07, 6.45) is 3.75. The van der Waals surface area contributed by atoms with Gasteiger partial charge in [-0.1, -0.05) is 30.3 Å². The second-order valence-corrected chi connectivity index (χ2v) is 4.97. The van der Waals surface area contributed by atoms with E-state index >= 15 is 0 Å². The highest BCUT2D eigenvalue weighted by atomic mass is 35.5. The number of rotatable bonds is 2. The lowest BCUT2D eigenvalue weighted by molar-refractivity contribution is 0.681. The predicted molar refractivity (Wildman–Crippen MR) is 87.1 cm³/mol. The van der Waals surface area contributed by atoms with E-state index in [4.69, 9.17) is 11.1 Å². The van der Waals surface area contributed by atoms with Gasteiger partial charge in [0, 0.05) is 17.5 Å². The first kappa shape index (κ1) is 15.1. The molecule has 1 aliphatic carbocycles. The van der Waals surface area contributed by atoms with Crippen molar-refractivity contribution in [2.75, 3.05) is 0 Å². The molecule has 1 aliphatic rings. The number of H-pyrrole nitrogens is 1. The van der Waals surface area contributed by atoms with E-state index in [2.05, 4.69) is 39.8 Å². The minimum absolute atomic E-state index is 0. The lowest BCUT2D eigenvalue weighted by Crippen LogP contribution is -2.28. The van der Waals surface area contributed by atoms with Gasteiger partial charge in [0.05, 0.1) is 5.71 Å². The maximum Gasteiger partial charge on any atom is 0.206 e. The van der Waals surface area contributed by atoms with E-state index in [9.17, 15) is 0 Å². The van der Waals surface area contributed by atoms with Crippen LogP contribution < -0.4 is 11.2 Å². The van der Waals surface area contributed by atoms with Crippen molar-refractivity contribution in [2.24, 2.45) is 10.8 Å². The molecule has 5 nitrogen and oxygen atoms in total. The topological polar surface area (TPSA) is 90.1 Å². The van der Waals surface area contributed by atoms with E-state index < -0.39 is 0 Å². The second-order valence-electron chi connectivity index (χ2n) is 4.97. The van der Waals surface area contributed by atoms with Crippen molar-refractivity contribution in [1.29, 1.82) is 5.41 Å². The summed E-state index contributed by atoms with van der Waals surface area (Å²) in [5.74, 6) is 0.256. The van der Waals surface area contributed by atoms with Crippen LogP contribution in [0.3, 0.4) is 0 Å². The van der Waals surface area contributed by atoms with E-state index in [1.807, 2.05) is 18.3 Å². The van der Waals surface area contributed by atoms with Gasteiger partial charge in [0.1, 0.15) is 0 Å². The van der Waals surface area contributed by atoms with Gasteiger partial charge in [0.2, 0.25) is 5.96 Å². The lowest BCUT2D eigenvalue weighted by atomic mass is 9.82. The fourth-order valence-corrected chi connectivity index (χ4v) is 2.70. The summed E-state index contributed by atoms with van der Waals surface area (Å²) in [6, 6.07) is 12.5. The number of aromatic nitrogens is 1. The molecule has 0 aliphatic heterocycles. The summed E-state index contributed by atoms with van der Waals surface area (Å²) in [5.41, 5.74) is 12.4. The lowest BCUT2D eigenvalue weighted by Gasteiger charge is -2.24. The fourth-order valence-electron chi connectivity index (χ4n) is 2.70. The highest BCUT2D eigenvalue weighted by molar-refractivity contribution is 6.03. The number of benzene rings is 1. The van der Waals surface area contributed by atoms with Crippen LogP contribution in [0.1, 0.15) is 29.2 Å². The van der Waals surface area contributed by atoms with Crippen LogP contribution in [0.2, 0.25) is 0 Å². The van der Waals surface area contributed by atoms with Crippen molar-refractivity contribution in [3.05, 3.63) is 59.4 Å². The van der Waals surface area contributed by atoms with E-state index in [0.29, 0.717) is 5.92 Å². The Morgan fingerprint density at radius 2 is 2.00 bits per heavy atom. The smallest absolute Gasteiger partial charge is 0.206 e. The summed E-state index contributed by atoms with van der Waals surface area (Å²) >= 11 is 0. The van der Waals surface area contributed by atoms with Crippen LogP contribution in [0.4, 0.5) is 0 Å². The molecule has 0 fully saturated rings. The van der Waals surface area contributed by atoms with Gasteiger partial charge in [0.25, 0.3) is 0 Å². The second kappa shape index (κ2) is 6.45. The molecule has 1 heterocycles. The first-order chi connectivity index (χ1) is 9.74. The van der Waals surface area contributed by atoms with Crippen molar-refractivity contribution in [2.45, 2.75) is 18.8 Å². The zero-order valence-corrected chi connectivity index (χ0v) is 12.3. The van der Waals surface area contributed by atoms with Crippen LogP contribution >= 0.6 is 12.4 Å². The average Bonchev–Trinajstić information content (AvgIpc) is 2.94. The fraction of sp³-hybridized carbons (Fsp3) is 0.200. The van der Waals surface area contributed by atoms with E-state index in [1.165, 1.54) is 11.3 Å². The van der Waals surface area contributed by atoms with Gasteiger partial charge in [-0.3, -0.25) is 5.41 Å². The summed E-state index contributed by atoms with van der Waals surface area (Å²) in [4.78, 5) is 3.28. The largest absolute Gasteiger partial charge is 0.369 e. The molecule has 21 heavy (non-hydrogen) atoms. The molecule has 0 spiro atoms. The molecule has 0 amide bonds. The molecule has 110 valence electrons. The van der Waals surface area contributed by atoms with Crippen molar-refractivity contribution in [3.8, 4) is 0 Å². The predicted octanol–water partition coefficient (Wildman–Crippen LogP) is 2.35. The van der Waals surface area contributed by atoms with Crippen molar-refractivity contribution in [1.82, 2.24) is 10.4 Å². The van der Waals surface area contributed by atoms with Crippen molar-refractivity contribution in [3.63, 3.8) is 0 Å². The molecular formula is C15H18ClN5. The average molecular weight is 304 g/mol. The van der Waals surface area contributed by atoms with E-state index in [-0.39, 0.29) is 18.4 Å². The molecular weight excluding hydrogens is 286 g/mol. The Kier molecular flexibility index (Phi) is 4.65. The molecule has 0 bridgehead atoms. The van der Waals surface area contributed by atoms with Crippen LogP contribution in [-0.4, -0.2) is 16.7 Å². The number of halogens is 1. The van der Waals surface area contributed by atoms with Crippen LogP contribution in [0.15, 0.2) is 47.7 Å². The van der Waals surface area contributed by atoms with E-state index in [1.54, 1.807) is 0 Å². The Morgan fingerprint density at radius 1 is 1.24 bits per heavy atom. The van der Waals surface area contributed by atoms with Gasteiger partial charge in [0.15, 0.2) is 0 Å². The van der Waals surface area contributed by atoms with Gasteiger partial charge >= 0.3 is 0 Å². The molecule has 1 aromatic carbocycles. The molecule has 6 heteroatoms. The quantitative estimate of drug-likeness (QED) is 0.390. The third-order valence-electron chi connectivity index (χ3n) is 3.62. The molecule has 1 aromatic heterocycles. The Bertz CT molecular complexity index is 647. The molecule has 0 radical (unpaired) electrons. The number of hydrogen-bond acceptors (Lipinski definition) is 2. The van der Waals surface area contributed by atoms with E-state index in [0.717, 1.165) is 24.1 Å². The van der Waals surface area contributed by atoms with Crippen LogP contribution in [0.25, 0.3) is 0 Å². The minimum Gasteiger partial charge on any atom is -0.369 e. The van der Waals surface area contributed by atoms with Crippen molar-refractivity contribution >= 4 is 24.1 Å². The monoisotopic (exact) mass is 303 g/mol. The van der Waals surface area contributed by atoms with Gasteiger partial charge < -0.3 is 10.7 Å². The highest BCUT2D eigenvalue weighted by Gasteiger charge is 2.25. The Balaban J connectivity index is 0.00000161. The van der Waals surface area contributed by atoms with Gasteiger partial charge in [-0.05, 0) is 30.4 Å². The number of aromatic amines is 1. The normalized spacial score (nSPS) is 18.7. The maximum atomic E-state index is 7.23. The first-order valence-corrected chi connectivity index (χ1v) is 6.62. The number of nitrogens with zero attached hydrogens (tertiary/aromatic N) is 1. The number of fused-ring (bicyclic) bond motifs is 1. The zero-order chi connectivity index (χ0) is 13.9. The third-order valence-corrected chi connectivity index (χ3v) is 3.62. The standard InChI is InChI=1S/C15H17N5.ClH/c16-15(17)20-19-14-9-11(10-4-2-1-3-5-10)8-13-12(14)6-7-18-13;/h1-7,11,18H,8-9H2,(H4,16,17,20);1H. The number of guanidine groups is 1. The Morgan fingerprint density at radius 3 is 2.71 bits per heavy atom. The number of hydrazone groups is 1. The molecule has 2 aromatic rings. The zero-order valence-electron chi connectivity index (χ0n) is 11.5. The van der Waals surface area contributed by atoms with Crippen LogP contribution in [-0.2, 0) is 6.42 Å². The summed E-state index contributed by atoms with van der Waals surface area (Å²) in [7, 11) is 0. The summed E-state index contributed by atoms with van der Waals surface area (Å²) < 4.78 is 0. The van der Waals surface area contributed by atoms with Gasteiger partial charge in [-0.25, -0.2) is 5.43 Å². The third kappa shape index (κ3) is 3.25.